The third kappa shape index (κ3) is 3.32. The van der Waals surface area contributed by atoms with Crippen LogP contribution >= 0.6 is 31.9 Å². The van der Waals surface area contributed by atoms with E-state index in [1.54, 1.807) is 0 Å². The summed E-state index contributed by atoms with van der Waals surface area (Å²) < 4.78 is 5.80. The number of rotatable bonds is 3. The molecule has 1 rings (SSSR count). The molecule has 0 aliphatic carbocycles. The van der Waals surface area contributed by atoms with Crippen molar-refractivity contribution in [3.8, 4) is 0 Å². The van der Waals surface area contributed by atoms with Crippen molar-refractivity contribution in [2.45, 2.75) is 25.1 Å². The van der Waals surface area contributed by atoms with Crippen molar-refractivity contribution in [3.63, 3.8) is 0 Å². The van der Waals surface area contributed by atoms with E-state index in [1.165, 1.54) is 18.2 Å². The van der Waals surface area contributed by atoms with Crippen LogP contribution in [0, 0.1) is 13.8 Å². The smallest absolute Gasteiger partial charge is 0.319 e. The number of hydrogen-bond donors (Lipinski definition) is 0. The molecule has 0 saturated heterocycles. The topological polar surface area (TPSA) is 26.3 Å². The van der Waals surface area contributed by atoms with Crippen molar-refractivity contribution in [2.24, 2.45) is 0 Å². The Morgan fingerprint density at radius 2 is 1.88 bits per heavy atom. The van der Waals surface area contributed by atoms with E-state index in [0.29, 0.717) is 6.42 Å². The number of carbonyl (C=O) groups excluding carboxylic acids is 1. The van der Waals surface area contributed by atoms with Crippen LogP contribution < -0.4 is 0 Å². The third-order valence-corrected chi connectivity index (χ3v) is 4.32. The minimum atomic E-state index is -0.280. The Morgan fingerprint density at radius 3 is 2.31 bits per heavy atom. The molecule has 0 aliphatic heterocycles. The van der Waals surface area contributed by atoms with Crippen molar-refractivity contribution in [2.75, 3.05) is 7.11 Å². The van der Waals surface area contributed by atoms with Gasteiger partial charge in [0.15, 0.2) is 0 Å². The van der Waals surface area contributed by atoms with Gasteiger partial charge in [-0.1, -0.05) is 44.0 Å². The van der Waals surface area contributed by atoms with Gasteiger partial charge in [0.25, 0.3) is 0 Å². The second-order valence-corrected chi connectivity index (χ2v) is 5.64. The van der Waals surface area contributed by atoms with Gasteiger partial charge in [-0.3, -0.25) is 4.79 Å². The van der Waals surface area contributed by atoms with Crippen molar-refractivity contribution in [3.05, 3.63) is 33.3 Å². The van der Waals surface area contributed by atoms with Crippen LogP contribution in [-0.2, 0) is 16.0 Å². The molecule has 4 heteroatoms. The van der Waals surface area contributed by atoms with Gasteiger partial charge in [0, 0.05) is 4.47 Å². The van der Waals surface area contributed by atoms with Gasteiger partial charge in [0.2, 0.25) is 0 Å². The lowest BCUT2D eigenvalue weighted by Gasteiger charge is -2.10. The fraction of sp³-hybridized carbons (Fsp3) is 0.417. The average Bonchev–Trinajstić information content (AvgIpc) is 2.24. The van der Waals surface area contributed by atoms with Gasteiger partial charge >= 0.3 is 5.97 Å². The van der Waals surface area contributed by atoms with E-state index in [0.717, 1.165) is 10.0 Å². The first kappa shape index (κ1) is 13.7. The zero-order chi connectivity index (χ0) is 12.3. The first-order valence-corrected chi connectivity index (χ1v) is 6.64. The molecular formula is C12H14Br2O2. The number of ether oxygens (including phenoxy) is 1. The fourth-order valence-electron chi connectivity index (χ4n) is 1.57. The molecule has 88 valence electrons. The molecule has 1 aromatic rings. The Labute approximate surface area is 113 Å². The van der Waals surface area contributed by atoms with Gasteiger partial charge in [-0.05, 0) is 37.0 Å². The predicted octanol–water partition coefficient (Wildman–Crippen LogP) is 3.54. The number of hydrogen-bond acceptors (Lipinski definition) is 2. The Kier molecular flexibility index (Phi) is 4.99. The van der Waals surface area contributed by atoms with E-state index in [1.807, 2.05) is 13.8 Å². The molecule has 1 unspecified atom stereocenters. The van der Waals surface area contributed by atoms with Crippen LogP contribution in [-0.4, -0.2) is 17.9 Å². The Bertz CT molecular complexity index is 379. The summed E-state index contributed by atoms with van der Waals surface area (Å²) in [5.74, 6) is -0.238. The maximum Gasteiger partial charge on any atom is 0.319 e. The summed E-state index contributed by atoms with van der Waals surface area (Å²) >= 11 is 6.84. The highest BCUT2D eigenvalue weighted by Gasteiger charge is 2.16. The lowest BCUT2D eigenvalue weighted by atomic mass is 10.0. The zero-order valence-corrected chi connectivity index (χ0v) is 12.7. The third-order valence-electron chi connectivity index (χ3n) is 2.37. The molecule has 0 saturated carbocycles. The van der Waals surface area contributed by atoms with Crippen LogP contribution in [0.25, 0.3) is 0 Å². The van der Waals surface area contributed by atoms with E-state index in [2.05, 4.69) is 48.7 Å². The molecule has 2 nitrogen and oxygen atoms in total. The average molecular weight is 350 g/mol. The monoisotopic (exact) mass is 348 g/mol. The summed E-state index contributed by atoms with van der Waals surface area (Å²) in [6.07, 6.45) is 0.641. The zero-order valence-electron chi connectivity index (χ0n) is 9.51. The standard InChI is InChI=1S/C12H14Br2O2/c1-7-4-9(5-8(2)11(7)14)6-10(13)12(15)16-3/h4-5,10H,6H2,1-3H3. The SMILES string of the molecule is COC(=O)C(Br)Cc1cc(C)c(Br)c(C)c1. The van der Waals surface area contributed by atoms with Gasteiger partial charge in [-0.25, -0.2) is 0 Å². The van der Waals surface area contributed by atoms with E-state index >= 15 is 0 Å². The summed E-state index contributed by atoms with van der Waals surface area (Å²) in [6.45, 7) is 4.09. The minimum absolute atomic E-state index is 0.238. The van der Waals surface area contributed by atoms with E-state index < -0.39 is 0 Å². The number of methoxy groups -OCH3 is 1. The highest BCUT2D eigenvalue weighted by molar-refractivity contribution is 9.10. The molecule has 0 N–H and O–H groups in total. The maximum atomic E-state index is 11.3. The quantitative estimate of drug-likeness (QED) is 0.616. The lowest BCUT2D eigenvalue weighted by Crippen LogP contribution is -2.18. The van der Waals surface area contributed by atoms with Crippen molar-refractivity contribution < 1.29 is 9.53 Å². The maximum absolute atomic E-state index is 11.3. The number of carbonyl (C=O) groups is 1. The number of esters is 1. The molecule has 0 heterocycles. The highest BCUT2D eigenvalue weighted by atomic mass is 79.9. The normalized spacial score (nSPS) is 12.3. The summed E-state index contributed by atoms with van der Waals surface area (Å²) in [7, 11) is 1.40. The van der Waals surface area contributed by atoms with Crippen LogP contribution in [0.3, 0.4) is 0 Å². The van der Waals surface area contributed by atoms with Crippen LogP contribution in [0.2, 0.25) is 0 Å². The molecule has 0 radical (unpaired) electrons. The Balaban J connectivity index is 2.86. The van der Waals surface area contributed by atoms with Crippen LogP contribution in [0.4, 0.5) is 0 Å². The molecule has 0 aliphatic rings. The summed E-state index contributed by atoms with van der Waals surface area (Å²) in [4.78, 5) is 11.0. The molecule has 0 amide bonds. The molecule has 0 spiro atoms. The van der Waals surface area contributed by atoms with Crippen molar-refractivity contribution in [1.82, 2.24) is 0 Å². The number of alkyl halides is 1. The van der Waals surface area contributed by atoms with Crippen LogP contribution in [0.1, 0.15) is 16.7 Å². The molecule has 16 heavy (non-hydrogen) atoms. The first-order chi connectivity index (χ1) is 7.45. The largest absolute Gasteiger partial charge is 0.468 e. The fourth-order valence-corrected chi connectivity index (χ4v) is 2.36. The highest BCUT2D eigenvalue weighted by Crippen LogP contribution is 2.24. The van der Waals surface area contributed by atoms with Crippen LogP contribution in [0.5, 0.6) is 0 Å². The molecule has 1 aromatic carbocycles. The first-order valence-electron chi connectivity index (χ1n) is 4.93. The molecular weight excluding hydrogens is 336 g/mol. The van der Waals surface area contributed by atoms with E-state index in [4.69, 9.17) is 0 Å². The number of halogens is 2. The van der Waals surface area contributed by atoms with Gasteiger partial charge in [0.1, 0.15) is 4.83 Å². The second kappa shape index (κ2) is 5.82. The van der Waals surface area contributed by atoms with E-state index in [-0.39, 0.29) is 10.8 Å². The van der Waals surface area contributed by atoms with Gasteiger partial charge in [-0.15, -0.1) is 0 Å². The van der Waals surface area contributed by atoms with Gasteiger partial charge < -0.3 is 4.74 Å². The summed E-state index contributed by atoms with van der Waals surface area (Å²) in [5, 5.41) is 0. The minimum Gasteiger partial charge on any atom is -0.468 e. The van der Waals surface area contributed by atoms with Crippen molar-refractivity contribution >= 4 is 37.8 Å². The second-order valence-electron chi connectivity index (χ2n) is 3.74. The van der Waals surface area contributed by atoms with Gasteiger partial charge in [0.05, 0.1) is 7.11 Å². The van der Waals surface area contributed by atoms with E-state index in [9.17, 15) is 4.79 Å². The lowest BCUT2D eigenvalue weighted by molar-refractivity contribution is -0.139. The summed E-state index contributed by atoms with van der Waals surface area (Å²) in [5.41, 5.74) is 3.49. The number of aryl methyl sites for hydroxylation is 2. The van der Waals surface area contributed by atoms with Gasteiger partial charge in [-0.2, -0.15) is 0 Å². The molecule has 0 bridgehead atoms. The molecule has 1 atom stereocenters. The molecule has 0 fully saturated rings. The Morgan fingerprint density at radius 1 is 1.38 bits per heavy atom. The summed E-state index contributed by atoms with van der Waals surface area (Å²) in [6, 6.07) is 4.16. The van der Waals surface area contributed by atoms with Crippen LogP contribution in [0.15, 0.2) is 16.6 Å². The number of benzene rings is 1. The molecule has 0 aromatic heterocycles. The van der Waals surface area contributed by atoms with Crippen molar-refractivity contribution in [1.29, 1.82) is 0 Å². The Hall–Kier alpha value is -0.350. The predicted molar refractivity (Wildman–Crippen MR) is 72.1 cm³/mol.